The molecule has 0 radical (unpaired) electrons. The van der Waals surface area contributed by atoms with E-state index in [1.807, 2.05) is 0 Å². The van der Waals surface area contributed by atoms with E-state index in [-0.39, 0.29) is 39.6 Å². The van der Waals surface area contributed by atoms with Crippen molar-refractivity contribution in [2.75, 3.05) is 11.0 Å². The van der Waals surface area contributed by atoms with Crippen LogP contribution in [-0.2, 0) is 40.8 Å². The normalized spacial score (nSPS) is 17.6. The Morgan fingerprint density at radius 3 is 2.46 bits per heavy atom. The van der Waals surface area contributed by atoms with Crippen LogP contribution in [0.15, 0.2) is 60.7 Å². The molecule has 5 aromatic rings. The molecular weight excluding hydrogens is 781 g/mol. The average molecular weight is 814 g/mol. The van der Waals surface area contributed by atoms with Gasteiger partial charge in [0.2, 0.25) is 15.9 Å². The highest BCUT2D eigenvalue weighted by molar-refractivity contribution is 7.92. The third kappa shape index (κ3) is 7.36. The first-order valence-corrected chi connectivity index (χ1v) is 19.4. The topological polar surface area (TPSA) is 144 Å². The number of alkyl halides is 4. The summed E-state index contributed by atoms with van der Waals surface area (Å²) in [6, 6.07) is 10.7. The Labute approximate surface area is 322 Å². The van der Waals surface area contributed by atoms with E-state index in [1.165, 1.54) is 54.9 Å². The zero-order chi connectivity index (χ0) is 40.5. The molecule has 0 aliphatic heterocycles. The molecule has 292 valence electrons. The lowest BCUT2D eigenvalue weighted by Gasteiger charge is -2.27. The van der Waals surface area contributed by atoms with Crippen LogP contribution in [0.4, 0.5) is 27.8 Å². The molecule has 56 heavy (non-hydrogen) atoms. The number of benzene rings is 2. The molecule has 3 N–H and O–H groups in total. The second kappa shape index (κ2) is 14.0. The van der Waals surface area contributed by atoms with E-state index >= 15 is 8.78 Å². The largest absolute Gasteiger partial charge is 0.378 e. The number of aryl methyl sites for hydroxylation is 1. The molecule has 1 amide bonds. The van der Waals surface area contributed by atoms with Crippen molar-refractivity contribution in [2.45, 2.75) is 56.7 Å². The van der Waals surface area contributed by atoms with Crippen LogP contribution in [0.5, 0.6) is 0 Å². The number of allylic oxidation sites excluding steroid dienone is 2. The summed E-state index contributed by atoms with van der Waals surface area (Å²) in [5.74, 6) is -1.91. The Morgan fingerprint density at radius 1 is 1.09 bits per heavy atom. The fraction of sp³-hybridized carbons (Fsp3) is 0.316. The van der Waals surface area contributed by atoms with Gasteiger partial charge in [0.25, 0.3) is 12.3 Å². The molecule has 11 nitrogen and oxygen atoms in total. The molecule has 18 heteroatoms. The number of aromatic nitrogens is 5. The number of anilines is 1. The smallest absolute Gasteiger partial charge is 0.296 e. The number of sulfonamides is 1. The number of nitrogens with one attached hydrogen (secondary N) is 2. The van der Waals surface area contributed by atoms with E-state index in [4.69, 9.17) is 16.6 Å². The maximum Gasteiger partial charge on any atom is 0.296 e. The lowest BCUT2D eigenvalue weighted by atomic mass is 9.81. The van der Waals surface area contributed by atoms with E-state index in [1.54, 1.807) is 31.3 Å². The number of rotatable bonds is 10. The van der Waals surface area contributed by atoms with Gasteiger partial charge in [0.15, 0.2) is 5.82 Å². The summed E-state index contributed by atoms with van der Waals surface area (Å²) in [5, 5.41) is 21.6. The van der Waals surface area contributed by atoms with Gasteiger partial charge in [-0.2, -0.15) is 19.0 Å². The van der Waals surface area contributed by atoms with Crippen molar-refractivity contribution in [1.82, 2.24) is 29.9 Å². The van der Waals surface area contributed by atoms with Gasteiger partial charge in [0, 0.05) is 29.7 Å². The van der Waals surface area contributed by atoms with Crippen LogP contribution in [0.25, 0.3) is 22.0 Å². The van der Waals surface area contributed by atoms with E-state index in [0.29, 0.717) is 26.9 Å². The molecule has 0 spiro atoms. The number of carbonyl (C=O) groups is 1. The maximum atomic E-state index is 15.6. The third-order valence-corrected chi connectivity index (χ3v) is 10.3. The monoisotopic (exact) mass is 813 g/mol. The van der Waals surface area contributed by atoms with Crippen molar-refractivity contribution in [3.63, 3.8) is 0 Å². The second-order valence-electron chi connectivity index (χ2n) is 14.2. The van der Waals surface area contributed by atoms with Crippen LogP contribution in [0.2, 0.25) is 5.02 Å². The van der Waals surface area contributed by atoms with Gasteiger partial charge in [0.1, 0.15) is 35.0 Å². The molecule has 7 rings (SSSR count). The van der Waals surface area contributed by atoms with E-state index in [0.717, 1.165) is 6.26 Å². The standard InChI is InChI=1S/C38H33ClF5N7O4S/c1-37(2,53)15-14-21-8-9-22(23-11-13-26(39)30-33(23)50(3)48-36(30)49-56(4,54)55)31(45-21)27(17-19-6-5-7-20(40)16-19)46-28(52)18-51-34-29(32(47-51)35(41)42)24-10-12-25(24)38(34,43)44/h5-13,16,24-25,27,35,53H,17-18H2,1-4H3,(H,46,52)(H,48,49)/t24-,25+,27?/m0/s1. The van der Waals surface area contributed by atoms with Gasteiger partial charge in [-0.15, -0.1) is 0 Å². The van der Waals surface area contributed by atoms with Gasteiger partial charge < -0.3 is 10.4 Å². The van der Waals surface area contributed by atoms with Crippen LogP contribution < -0.4 is 10.0 Å². The highest BCUT2D eigenvalue weighted by Crippen LogP contribution is 2.60. The molecule has 2 aliphatic carbocycles. The highest BCUT2D eigenvalue weighted by atomic mass is 35.5. The molecule has 0 saturated heterocycles. The fourth-order valence-electron chi connectivity index (χ4n) is 7.15. The van der Waals surface area contributed by atoms with Crippen molar-refractivity contribution in [1.29, 1.82) is 0 Å². The van der Waals surface area contributed by atoms with E-state index in [2.05, 4.69) is 32.1 Å². The number of fused-ring (bicyclic) bond motifs is 4. The van der Waals surface area contributed by atoms with Crippen LogP contribution in [0.3, 0.4) is 0 Å². The number of hydrogen-bond donors (Lipinski definition) is 3. The molecule has 3 heterocycles. The van der Waals surface area contributed by atoms with Crippen LogP contribution in [0, 0.1) is 23.6 Å². The molecule has 2 aromatic carbocycles. The Balaban J connectivity index is 1.38. The number of nitrogens with zero attached hydrogens (tertiary/aromatic N) is 5. The minimum Gasteiger partial charge on any atom is -0.378 e. The van der Waals surface area contributed by atoms with Crippen molar-refractivity contribution >= 4 is 44.3 Å². The molecule has 0 saturated carbocycles. The first kappa shape index (κ1) is 38.9. The molecule has 2 aliphatic rings. The lowest BCUT2D eigenvalue weighted by Crippen LogP contribution is -2.35. The molecular formula is C38H33ClF5N7O4S. The second-order valence-corrected chi connectivity index (χ2v) is 16.4. The Hall–Kier alpha value is -5.31. The van der Waals surface area contributed by atoms with Gasteiger partial charge in [-0.25, -0.2) is 26.6 Å². The molecule has 0 bridgehead atoms. The number of carbonyl (C=O) groups excluding carboxylic acids is 1. The Morgan fingerprint density at radius 2 is 1.82 bits per heavy atom. The number of aliphatic hydroxyl groups is 1. The fourth-order valence-corrected chi connectivity index (χ4v) is 7.89. The average Bonchev–Trinajstić information content (AvgIpc) is 3.64. The van der Waals surface area contributed by atoms with E-state index in [9.17, 15) is 31.5 Å². The minimum absolute atomic E-state index is 0.0565. The maximum absolute atomic E-state index is 15.6. The lowest BCUT2D eigenvalue weighted by molar-refractivity contribution is -0.123. The van der Waals surface area contributed by atoms with Crippen molar-refractivity contribution in [3.8, 4) is 23.0 Å². The third-order valence-electron chi connectivity index (χ3n) is 9.42. The molecule has 3 atom stereocenters. The predicted octanol–water partition coefficient (Wildman–Crippen LogP) is 6.53. The zero-order valence-corrected chi connectivity index (χ0v) is 31.7. The minimum atomic E-state index is -3.80. The van der Waals surface area contributed by atoms with Gasteiger partial charge in [-0.05, 0) is 62.1 Å². The van der Waals surface area contributed by atoms with Gasteiger partial charge in [-0.1, -0.05) is 47.9 Å². The summed E-state index contributed by atoms with van der Waals surface area (Å²) >= 11 is 6.60. The summed E-state index contributed by atoms with van der Waals surface area (Å²) in [5.41, 5.74) is -1.50. The summed E-state index contributed by atoms with van der Waals surface area (Å²) < 4.78 is 103. The summed E-state index contributed by atoms with van der Waals surface area (Å²) in [7, 11) is -2.24. The number of hydrogen-bond acceptors (Lipinski definition) is 7. The van der Waals surface area contributed by atoms with Crippen molar-refractivity contribution < 1.29 is 40.3 Å². The van der Waals surface area contributed by atoms with Gasteiger partial charge in [0.05, 0.1) is 39.8 Å². The molecule has 3 aromatic heterocycles. The first-order valence-electron chi connectivity index (χ1n) is 17.1. The molecule has 1 unspecified atom stereocenters. The Bertz CT molecular complexity index is 2630. The van der Waals surface area contributed by atoms with E-state index < -0.39 is 75.5 Å². The van der Waals surface area contributed by atoms with Crippen LogP contribution >= 0.6 is 11.6 Å². The highest BCUT2D eigenvalue weighted by Gasteiger charge is 2.60. The number of pyridine rings is 1. The summed E-state index contributed by atoms with van der Waals surface area (Å²) in [6.07, 6.45) is 0.325. The van der Waals surface area contributed by atoms with Crippen molar-refractivity contribution in [3.05, 3.63) is 105 Å². The summed E-state index contributed by atoms with van der Waals surface area (Å²) in [4.78, 5) is 18.8. The summed E-state index contributed by atoms with van der Waals surface area (Å²) in [6.45, 7) is 2.06. The first-order chi connectivity index (χ1) is 26.2. The van der Waals surface area contributed by atoms with Crippen molar-refractivity contribution in [2.24, 2.45) is 13.0 Å². The van der Waals surface area contributed by atoms with Crippen LogP contribution in [-0.4, -0.2) is 55.8 Å². The number of halogens is 6. The zero-order valence-electron chi connectivity index (χ0n) is 30.1. The van der Waals surface area contributed by atoms with Gasteiger partial charge >= 0.3 is 0 Å². The Kier molecular flexibility index (Phi) is 9.74. The van der Waals surface area contributed by atoms with Crippen LogP contribution in [0.1, 0.15) is 66.1 Å². The quantitative estimate of drug-likeness (QED) is 0.0827. The van der Waals surface area contributed by atoms with Gasteiger partial charge in [-0.3, -0.25) is 18.9 Å². The molecule has 0 fully saturated rings. The number of amides is 1. The predicted molar refractivity (Wildman–Crippen MR) is 198 cm³/mol. The SMILES string of the molecule is Cn1nc(NS(C)(=O)=O)c2c(Cl)ccc(-c3ccc(C#CC(C)(C)O)nc3C(Cc3cccc(F)c3)NC(=O)Cn3nc(C(F)F)c4c3C(F)(F)[C@@H]3C=C[C@H]43)c21.